The van der Waals surface area contributed by atoms with Crippen molar-refractivity contribution in [1.29, 1.82) is 0 Å². The van der Waals surface area contributed by atoms with Crippen molar-refractivity contribution < 1.29 is 19.0 Å². The molecule has 2 N–H and O–H groups in total. The van der Waals surface area contributed by atoms with Crippen molar-refractivity contribution >= 4 is 18.6 Å². The Hall–Kier alpha value is -1.23. The molecule has 7 heteroatoms. The van der Waals surface area contributed by atoms with Crippen LogP contribution in [0.1, 0.15) is 5.56 Å². The van der Waals surface area contributed by atoms with E-state index in [9.17, 15) is 4.57 Å². The molecule has 0 atom stereocenters. The van der Waals surface area contributed by atoms with Gasteiger partial charge in [-0.25, -0.2) is 4.63 Å². The summed E-state index contributed by atoms with van der Waals surface area (Å²) >= 11 is 0. The molecule has 0 amide bonds. The molecule has 2 aromatic rings. The van der Waals surface area contributed by atoms with E-state index >= 15 is 0 Å². The Bertz CT molecular complexity index is 503. The van der Waals surface area contributed by atoms with E-state index < -0.39 is 7.60 Å². The number of fused-ring (bicyclic) bond motifs is 1. The van der Waals surface area contributed by atoms with Crippen LogP contribution in [-0.4, -0.2) is 20.1 Å². The molecule has 0 bridgehead atoms. The average molecular weight is 214 g/mol. The van der Waals surface area contributed by atoms with Gasteiger partial charge in [-0.3, -0.25) is 4.57 Å². The molecule has 1 aromatic heterocycles. The first kappa shape index (κ1) is 9.33. The van der Waals surface area contributed by atoms with Crippen LogP contribution >= 0.6 is 7.60 Å². The maximum atomic E-state index is 10.7. The van der Waals surface area contributed by atoms with Crippen molar-refractivity contribution in [2.24, 2.45) is 0 Å². The van der Waals surface area contributed by atoms with Crippen LogP contribution in [0.5, 0.6) is 0 Å². The van der Waals surface area contributed by atoms with E-state index in [1.807, 2.05) is 0 Å². The highest BCUT2D eigenvalue weighted by Gasteiger charge is 2.14. The fraction of sp³-hybridized carbons (Fsp3) is 0.143. The lowest BCUT2D eigenvalue weighted by molar-refractivity contribution is 0.315. The Balaban J connectivity index is 2.39. The van der Waals surface area contributed by atoms with E-state index in [-0.39, 0.29) is 6.16 Å². The van der Waals surface area contributed by atoms with Gasteiger partial charge in [0.1, 0.15) is 11.0 Å². The van der Waals surface area contributed by atoms with E-state index in [4.69, 9.17) is 9.79 Å². The van der Waals surface area contributed by atoms with Crippen LogP contribution in [0.15, 0.2) is 22.8 Å². The molecule has 2 rings (SSSR count). The first-order valence-electron chi connectivity index (χ1n) is 3.80. The molecule has 0 unspecified atom stereocenters. The lowest BCUT2D eigenvalue weighted by Crippen LogP contribution is -1.86. The lowest BCUT2D eigenvalue weighted by atomic mass is 10.2. The van der Waals surface area contributed by atoms with E-state index in [2.05, 4.69) is 14.9 Å². The van der Waals surface area contributed by atoms with Gasteiger partial charge in [-0.2, -0.15) is 0 Å². The molecule has 0 spiro atoms. The van der Waals surface area contributed by atoms with Crippen LogP contribution < -0.4 is 0 Å². The van der Waals surface area contributed by atoms with Gasteiger partial charge in [0.15, 0.2) is 0 Å². The van der Waals surface area contributed by atoms with Crippen LogP contribution in [0.2, 0.25) is 0 Å². The third-order valence-corrected chi connectivity index (χ3v) is 2.48. The Morgan fingerprint density at radius 3 is 2.71 bits per heavy atom. The van der Waals surface area contributed by atoms with Crippen molar-refractivity contribution in [1.82, 2.24) is 10.3 Å². The lowest BCUT2D eigenvalue weighted by Gasteiger charge is -2.02. The van der Waals surface area contributed by atoms with Crippen LogP contribution in [0.25, 0.3) is 11.0 Å². The summed E-state index contributed by atoms with van der Waals surface area (Å²) in [6.45, 7) is 0. The van der Waals surface area contributed by atoms with Gasteiger partial charge in [-0.05, 0) is 28.0 Å². The highest BCUT2D eigenvalue weighted by Crippen LogP contribution is 2.39. The van der Waals surface area contributed by atoms with Crippen LogP contribution in [0.3, 0.4) is 0 Å². The quantitative estimate of drug-likeness (QED) is 0.721. The summed E-state index contributed by atoms with van der Waals surface area (Å²) in [7, 11) is -4.03. The van der Waals surface area contributed by atoms with Crippen molar-refractivity contribution in [2.45, 2.75) is 6.16 Å². The van der Waals surface area contributed by atoms with Crippen LogP contribution in [-0.2, 0) is 10.7 Å². The molecule has 0 aliphatic carbocycles. The molecule has 0 aliphatic rings. The Kier molecular flexibility index (Phi) is 2.11. The van der Waals surface area contributed by atoms with Gasteiger partial charge in [-0.1, -0.05) is 6.07 Å². The fourth-order valence-corrected chi connectivity index (χ4v) is 1.84. The standard InChI is InChI=1S/C7H7N2O4P/c10-14(11,12)4-5-1-2-6-7(3-5)9-13-8-6/h1-3H,4H2,(H2,10,11,12). The summed E-state index contributed by atoms with van der Waals surface area (Å²) in [4.78, 5) is 17.5. The molecule has 0 fully saturated rings. The number of nitrogens with zero attached hydrogens (tertiary/aromatic N) is 2. The molecule has 1 heterocycles. The van der Waals surface area contributed by atoms with E-state index in [1.165, 1.54) is 0 Å². The van der Waals surface area contributed by atoms with E-state index in [1.54, 1.807) is 18.2 Å². The van der Waals surface area contributed by atoms with Crippen molar-refractivity contribution in [3.63, 3.8) is 0 Å². The summed E-state index contributed by atoms with van der Waals surface area (Å²) in [5.74, 6) is 0. The third-order valence-electron chi connectivity index (χ3n) is 1.71. The van der Waals surface area contributed by atoms with E-state index in [0.717, 1.165) is 0 Å². The van der Waals surface area contributed by atoms with Gasteiger partial charge >= 0.3 is 7.60 Å². The predicted molar refractivity (Wildman–Crippen MR) is 47.6 cm³/mol. The highest BCUT2D eigenvalue weighted by molar-refractivity contribution is 7.50. The smallest absolute Gasteiger partial charge is 0.324 e. The van der Waals surface area contributed by atoms with Gasteiger partial charge in [0.05, 0.1) is 6.16 Å². The molecule has 0 saturated carbocycles. The molecular weight excluding hydrogens is 207 g/mol. The third kappa shape index (κ3) is 1.98. The van der Waals surface area contributed by atoms with Gasteiger partial charge in [0.25, 0.3) is 0 Å². The summed E-state index contributed by atoms with van der Waals surface area (Å²) in [6, 6.07) is 4.74. The normalized spacial score (nSPS) is 12.1. The maximum Gasteiger partial charge on any atom is 0.329 e. The number of rotatable bonds is 2. The molecule has 14 heavy (non-hydrogen) atoms. The molecule has 6 nitrogen and oxygen atoms in total. The fourth-order valence-electron chi connectivity index (χ4n) is 1.16. The molecule has 0 saturated heterocycles. The minimum absolute atomic E-state index is 0.296. The average Bonchev–Trinajstić information content (AvgIpc) is 2.47. The minimum atomic E-state index is -4.03. The Morgan fingerprint density at radius 2 is 2.00 bits per heavy atom. The van der Waals surface area contributed by atoms with Crippen LogP contribution in [0.4, 0.5) is 0 Å². The second-order valence-corrected chi connectivity index (χ2v) is 4.56. The summed E-state index contributed by atoms with van der Waals surface area (Å²) in [6.07, 6.45) is -0.296. The summed E-state index contributed by atoms with van der Waals surface area (Å²) < 4.78 is 15.2. The topological polar surface area (TPSA) is 96.5 Å². The Labute approximate surface area is 78.7 Å². The van der Waals surface area contributed by atoms with Gasteiger partial charge < -0.3 is 9.79 Å². The molecular formula is C7H7N2O4P. The molecule has 0 radical (unpaired) electrons. The SMILES string of the molecule is O=P(O)(O)Cc1ccc2nonc2c1. The van der Waals surface area contributed by atoms with Crippen molar-refractivity contribution in [2.75, 3.05) is 0 Å². The predicted octanol–water partition coefficient (Wildman–Crippen LogP) is 0.900. The van der Waals surface area contributed by atoms with Crippen molar-refractivity contribution in [3.05, 3.63) is 23.8 Å². The number of hydrogen-bond donors (Lipinski definition) is 2. The van der Waals surface area contributed by atoms with Gasteiger partial charge in [-0.15, -0.1) is 0 Å². The van der Waals surface area contributed by atoms with Crippen molar-refractivity contribution in [3.8, 4) is 0 Å². The zero-order valence-electron chi connectivity index (χ0n) is 6.99. The second kappa shape index (κ2) is 3.16. The summed E-state index contributed by atoms with van der Waals surface area (Å²) in [5, 5.41) is 7.15. The zero-order chi connectivity index (χ0) is 10.2. The maximum absolute atomic E-state index is 10.7. The first-order chi connectivity index (χ1) is 6.54. The second-order valence-electron chi connectivity index (χ2n) is 2.91. The molecule has 74 valence electrons. The minimum Gasteiger partial charge on any atom is -0.324 e. The summed E-state index contributed by atoms with van der Waals surface area (Å²) in [5.41, 5.74) is 1.58. The highest BCUT2D eigenvalue weighted by atomic mass is 31.2. The van der Waals surface area contributed by atoms with Gasteiger partial charge in [0, 0.05) is 0 Å². The largest absolute Gasteiger partial charge is 0.329 e. The number of hydrogen-bond acceptors (Lipinski definition) is 4. The van der Waals surface area contributed by atoms with Crippen LogP contribution in [0, 0.1) is 0 Å². The number of aromatic nitrogens is 2. The number of benzene rings is 1. The van der Waals surface area contributed by atoms with E-state index in [0.29, 0.717) is 16.6 Å². The monoisotopic (exact) mass is 214 g/mol. The molecule has 0 aliphatic heterocycles. The zero-order valence-corrected chi connectivity index (χ0v) is 7.89. The first-order valence-corrected chi connectivity index (χ1v) is 5.60. The molecule has 1 aromatic carbocycles. The Morgan fingerprint density at radius 1 is 1.29 bits per heavy atom. The van der Waals surface area contributed by atoms with Gasteiger partial charge in [0.2, 0.25) is 0 Å².